The number of carbonyl (C=O) groups is 1. The van der Waals surface area contributed by atoms with Crippen LogP contribution in [-0.4, -0.2) is 45.3 Å². The number of carbonyl (C=O) groups excluding carboxylic acids is 1. The molecule has 0 aromatic rings. The predicted octanol–water partition coefficient (Wildman–Crippen LogP) is 4.29. The third-order valence-electron chi connectivity index (χ3n) is 5.37. The minimum Gasteiger partial charge on any atom is -0.465 e. The summed E-state index contributed by atoms with van der Waals surface area (Å²) < 4.78 is 75.9. The first kappa shape index (κ1) is 26.2. The highest BCUT2D eigenvalue weighted by Crippen LogP contribution is 2.39. The van der Waals surface area contributed by atoms with Gasteiger partial charge in [0, 0.05) is 12.3 Å². The van der Waals surface area contributed by atoms with E-state index in [1.165, 1.54) is 0 Å². The van der Waals surface area contributed by atoms with Crippen LogP contribution >= 0.6 is 0 Å². The highest BCUT2D eigenvalue weighted by atomic mass is 32.2. The maximum Gasteiger partial charge on any atom is 0.523 e. The van der Waals surface area contributed by atoms with Crippen molar-refractivity contribution in [3.8, 4) is 0 Å². The summed E-state index contributed by atoms with van der Waals surface area (Å²) in [5, 5.41) is 0. The van der Waals surface area contributed by atoms with Crippen LogP contribution in [0.15, 0.2) is 0 Å². The molecule has 0 bridgehead atoms. The molecule has 172 valence electrons. The van der Waals surface area contributed by atoms with Crippen molar-refractivity contribution < 1.29 is 40.0 Å². The smallest absolute Gasteiger partial charge is 0.465 e. The molecule has 0 aliphatic carbocycles. The molecule has 0 unspecified atom stereocenters. The largest absolute Gasteiger partial charge is 0.523 e. The molecule has 10 heteroatoms. The second-order valence-electron chi connectivity index (χ2n) is 8.84. The molecule has 0 aromatic heterocycles. The van der Waals surface area contributed by atoms with Crippen molar-refractivity contribution in [3.05, 3.63) is 0 Å². The van der Waals surface area contributed by atoms with Gasteiger partial charge in [-0.25, -0.2) is 0 Å². The van der Waals surface area contributed by atoms with E-state index in [1.807, 2.05) is 20.8 Å². The molecule has 1 saturated heterocycles. The van der Waals surface area contributed by atoms with Crippen LogP contribution in [0.2, 0.25) is 0 Å². The molecule has 29 heavy (non-hydrogen) atoms. The van der Waals surface area contributed by atoms with Gasteiger partial charge in [-0.05, 0) is 39.0 Å². The molecule has 0 amide bonds. The summed E-state index contributed by atoms with van der Waals surface area (Å²) in [5.41, 5.74) is -6.14. The minimum atomic E-state index is -5.67. The van der Waals surface area contributed by atoms with E-state index in [0.29, 0.717) is 12.3 Å². The quantitative estimate of drug-likeness (QED) is 0.299. The van der Waals surface area contributed by atoms with Crippen LogP contribution in [0.5, 0.6) is 0 Å². The van der Waals surface area contributed by atoms with Gasteiger partial charge in [0.25, 0.3) is 0 Å². The Balaban J connectivity index is 2.83. The van der Waals surface area contributed by atoms with Gasteiger partial charge in [-0.1, -0.05) is 27.2 Å². The Morgan fingerprint density at radius 3 is 2.24 bits per heavy atom. The van der Waals surface area contributed by atoms with E-state index in [0.717, 1.165) is 6.42 Å². The molecule has 1 heterocycles. The summed E-state index contributed by atoms with van der Waals surface area (Å²) in [6.45, 7) is 10.4. The van der Waals surface area contributed by atoms with Crippen LogP contribution in [-0.2, 0) is 28.6 Å². The first-order valence-electron chi connectivity index (χ1n) is 9.88. The standard InChI is InChI=1S/C19H33F3O6S/c1-7-12(2)10-16-13(3)14(11-27-29(24,25)19(20,21)22)15(28-16)8-9-26-17(23)18(4,5)6/h12-16H,7-11H2,1-6H3/t12-,13-,14-,15+,16-/m1/s1. The number of alkyl halides is 3. The van der Waals surface area contributed by atoms with Gasteiger partial charge in [0.2, 0.25) is 0 Å². The number of halogens is 3. The molecule has 0 saturated carbocycles. The molecule has 1 aliphatic rings. The Kier molecular flexibility index (Phi) is 8.98. The van der Waals surface area contributed by atoms with Crippen molar-refractivity contribution in [2.45, 2.75) is 78.5 Å². The number of esters is 1. The second kappa shape index (κ2) is 9.96. The van der Waals surface area contributed by atoms with Crippen molar-refractivity contribution in [3.63, 3.8) is 0 Å². The van der Waals surface area contributed by atoms with E-state index in [2.05, 4.69) is 4.18 Å². The molecule has 5 atom stereocenters. The molecule has 0 N–H and O–H groups in total. The fourth-order valence-electron chi connectivity index (χ4n) is 3.16. The molecular weight excluding hydrogens is 413 g/mol. The van der Waals surface area contributed by atoms with Crippen molar-refractivity contribution >= 4 is 16.1 Å². The lowest BCUT2D eigenvalue weighted by molar-refractivity contribution is -0.154. The van der Waals surface area contributed by atoms with Crippen molar-refractivity contribution in [2.24, 2.45) is 23.2 Å². The Labute approximate surface area is 171 Å². The number of ether oxygens (including phenoxy) is 2. The number of rotatable bonds is 9. The lowest BCUT2D eigenvalue weighted by atomic mass is 9.85. The average Bonchev–Trinajstić information content (AvgIpc) is 2.86. The van der Waals surface area contributed by atoms with Gasteiger partial charge in [-0.15, -0.1) is 0 Å². The summed E-state index contributed by atoms with van der Waals surface area (Å²) in [4.78, 5) is 11.9. The summed E-state index contributed by atoms with van der Waals surface area (Å²) in [7, 11) is -5.67. The first-order chi connectivity index (χ1) is 13.1. The van der Waals surface area contributed by atoms with E-state index in [1.54, 1.807) is 20.8 Å². The zero-order valence-electron chi connectivity index (χ0n) is 17.9. The van der Waals surface area contributed by atoms with Crippen molar-refractivity contribution in [1.29, 1.82) is 0 Å². The van der Waals surface area contributed by atoms with Crippen molar-refractivity contribution in [2.75, 3.05) is 13.2 Å². The van der Waals surface area contributed by atoms with Gasteiger partial charge < -0.3 is 9.47 Å². The molecule has 1 rings (SSSR count). The van der Waals surface area contributed by atoms with E-state index in [-0.39, 0.29) is 25.0 Å². The van der Waals surface area contributed by atoms with Crippen LogP contribution in [0.25, 0.3) is 0 Å². The Hall–Kier alpha value is -0.870. The third-order valence-corrected chi connectivity index (χ3v) is 6.38. The fourth-order valence-corrected chi connectivity index (χ4v) is 3.63. The third kappa shape index (κ3) is 7.40. The molecular formula is C19H33F3O6S. The van der Waals surface area contributed by atoms with Crippen LogP contribution in [0.3, 0.4) is 0 Å². The summed E-state index contributed by atoms with van der Waals surface area (Å²) >= 11 is 0. The monoisotopic (exact) mass is 446 g/mol. The van der Waals surface area contributed by atoms with Gasteiger partial charge in [-0.3, -0.25) is 8.98 Å². The van der Waals surface area contributed by atoms with E-state index < -0.39 is 45.6 Å². The Morgan fingerprint density at radius 1 is 1.17 bits per heavy atom. The SMILES string of the molecule is CC[C@@H](C)C[C@H]1O[C@@H](CCOC(=O)C(C)(C)C)[C@H](COS(=O)(=O)C(F)(F)F)[C@H]1C. The van der Waals surface area contributed by atoms with Gasteiger partial charge >= 0.3 is 21.6 Å². The lowest BCUT2D eigenvalue weighted by Gasteiger charge is -2.22. The van der Waals surface area contributed by atoms with E-state index >= 15 is 0 Å². The Bertz CT molecular complexity index is 641. The molecule has 1 aliphatic heterocycles. The minimum absolute atomic E-state index is 0.0338. The van der Waals surface area contributed by atoms with Crippen LogP contribution in [0.4, 0.5) is 13.2 Å². The molecule has 0 radical (unpaired) electrons. The zero-order valence-corrected chi connectivity index (χ0v) is 18.7. The second-order valence-corrected chi connectivity index (χ2v) is 10.5. The van der Waals surface area contributed by atoms with Gasteiger partial charge in [-0.2, -0.15) is 21.6 Å². The van der Waals surface area contributed by atoms with Gasteiger partial charge in [0.1, 0.15) is 0 Å². The summed E-state index contributed by atoms with van der Waals surface area (Å²) in [6.07, 6.45) is 1.09. The molecule has 6 nitrogen and oxygen atoms in total. The maximum absolute atomic E-state index is 12.6. The maximum atomic E-state index is 12.6. The van der Waals surface area contributed by atoms with Crippen LogP contribution < -0.4 is 0 Å². The van der Waals surface area contributed by atoms with E-state index in [4.69, 9.17) is 9.47 Å². The van der Waals surface area contributed by atoms with Crippen LogP contribution in [0.1, 0.15) is 60.8 Å². The molecule has 0 aromatic carbocycles. The average molecular weight is 447 g/mol. The zero-order chi connectivity index (χ0) is 22.6. The number of hydrogen-bond acceptors (Lipinski definition) is 6. The fraction of sp³-hybridized carbons (Fsp3) is 0.947. The van der Waals surface area contributed by atoms with Gasteiger partial charge in [0.05, 0.1) is 30.8 Å². The van der Waals surface area contributed by atoms with Crippen molar-refractivity contribution in [1.82, 2.24) is 0 Å². The highest BCUT2D eigenvalue weighted by Gasteiger charge is 2.49. The lowest BCUT2D eigenvalue weighted by Crippen LogP contribution is -2.32. The summed E-state index contributed by atoms with van der Waals surface area (Å²) in [6, 6.07) is 0. The van der Waals surface area contributed by atoms with Crippen LogP contribution in [0, 0.1) is 23.2 Å². The molecule has 1 fully saturated rings. The predicted molar refractivity (Wildman–Crippen MR) is 101 cm³/mol. The normalized spacial score (nSPS) is 27.1. The molecule has 0 spiro atoms. The topological polar surface area (TPSA) is 78.9 Å². The first-order valence-corrected chi connectivity index (χ1v) is 11.3. The number of hydrogen-bond donors (Lipinski definition) is 0. The summed E-state index contributed by atoms with van der Waals surface area (Å²) in [5.74, 6) is -0.808. The van der Waals surface area contributed by atoms with Gasteiger partial charge in [0.15, 0.2) is 0 Å². The highest BCUT2D eigenvalue weighted by molar-refractivity contribution is 7.87. The Morgan fingerprint density at radius 2 is 1.76 bits per heavy atom. The van der Waals surface area contributed by atoms with E-state index in [9.17, 15) is 26.4 Å².